The van der Waals surface area contributed by atoms with Gasteiger partial charge in [-0.1, -0.05) is 0 Å². The summed E-state index contributed by atoms with van der Waals surface area (Å²) >= 11 is 2.66. The van der Waals surface area contributed by atoms with E-state index in [0.717, 1.165) is 11.6 Å². The van der Waals surface area contributed by atoms with Crippen molar-refractivity contribution in [2.45, 2.75) is 10.5 Å². The van der Waals surface area contributed by atoms with Gasteiger partial charge in [0.05, 0.1) is 0 Å². The molecule has 1 aromatic heterocycles. The van der Waals surface area contributed by atoms with Crippen molar-refractivity contribution < 1.29 is 4.79 Å². The summed E-state index contributed by atoms with van der Waals surface area (Å²) in [5.41, 5.74) is 0. The Morgan fingerprint density at radius 1 is 1.50 bits per heavy atom. The number of hydrogen-bond donors (Lipinski definition) is 0. The van der Waals surface area contributed by atoms with E-state index in [4.69, 9.17) is 0 Å². The van der Waals surface area contributed by atoms with Crippen LogP contribution in [0.5, 0.6) is 0 Å². The van der Waals surface area contributed by atoms with Crippen molar-refractivity contribution in [2.75, 3.05) is 24.7 Å². The van der Waals surface area contributed by atoms with Gasteiger partial charge < -0.3 is 0 Å². The van der Waals surface area contributed by atoms with Gasteiger partial charge in [-0.2, -0.15) is 0 Å². The van der Waals surface area contributed by atoms with Gasteiger partial charge in [0.2, 0.25) is 0 Å². The second-order valence-corrected chi connectivity index (χ2v) is 5.49. The van der Waals surface area contributed by atoms with E-state index in [1.807, 2.05) is 19.0 Å². The molecular weight excluding hydrogens is 421 g/mol. The minimum absolute atomic E-state index is 0.247. The van der Waals surface area contributed by atoms with Crippen LogP contribution in [0.15, 0.2) is 6.33 Å². The Hall–Kier alpha value is -0.274. The monoisotopic (exact) mass is 434 g/mol. The molecule has 0 fully saturated rings. The van der Waals surface area contributed by atoms with E-state index in [1.165, 1.54) is 43.2 Å². The molecule has 0 aromatic carbocycles. The fourth-order valence-electron chi connectivity index (χ4n) is 0.954. The van der Waals surface area contributed by atoms with Crippen molar-refractivity contribution in [3.8, 4) is 0 Å². The van der Waals surface area contributed by atoms with Crippen molar-refractivity contribution in [3.63, 3.8) is 0 Å². The van der Waals surface area contributed by atoms with E-state index < -0.39 is 0 Å². The first-order valence-electron chi connectivity index (χ1n) is 4.72. The molecule has 0 saturated heterocycles. The van der Waals surface area contributed by atoms with Gasteiger partial charge in [0.15, 0.2) is 0 Å². The molecule has 0 amide bonds. The van der Waals surface area contributed by atoms with E-state index in [2.05, 4.69) is 15.0 Å². The first-order valence-corrected chi connectivity index (χ1v) is 7.95. The first kappa shape index (κ1) is 13.8. The van der Waals surface area contributed by atoms with Gasteiger partial charge in [-0.3, -0.25) is 0 Å². The van der Waals surface area contributed by atoms with Crippen molar-refractivity contribution in [1.29, 1.82) is 0 Å². The Morgan fingerprint density at radius 2 is 2.25 bits per heavy atom. The van der Waals surface area contributed by atoms with E-state index in [9.17, 15) is 4.79 Å². The molecule has 0 saturated carbocycles. The summed E-state index contributed by atoms with van der Waals surface area (Å²) < 4.78 is 0.658. The third kappa shape index (κ3) is 4.71. The number of anilines is 1. The van der Waals surface area contributed by atoms with Gasteiger partial charge in [-0.25, -0.2) is 0 Å². The van der Waals surface area contributed by atoms with Gasteiger partial charge in [0.25, 0.3) is 0 Å². The van der Waals surface area contributed by atoms with Crippen LogP contribution in [0.2, 0.25) is 4.08 Å². The fraction of sp³-hybridized carbons (Fsp3) is 0.556. The molecule has 1 rings (SSSR count). The summed E-state index contributed by atoms with van der Waals surface area (Å²) in [5.74, 6) is 2.13. The first-order chi connectivity index (χ1) is 7.63. The molecule has 0 aliphatic heterocycles. The predicted octanol–water partition coefficient (Wildman–Crippen LogP) is 0.327. The van der Waals surface area contributed by atoms with Gasteiger partial charge in [-0.15, -0.1) is 0 Å². The quantitative estimate of drug-likeness (QED) is 0.666. The number of thioether (sulfide) groups is 1. The number of carbonyl (C=O) groups excluding carboxylic acids is 1. The zero-order chi connectivity index (χ0) is 12.0. The summed E-state index contributed by atoms with van der Waals surface area (Å²) in [6.45, 7) is 0. The number of hydrogen-bond acceptors (Lipinski definition) is 6. The number of rotatable bonds is 5. The van der Waals surface area contributed by atoms with Gasteiger partial charge in [-0.05, 0) is 0 Å². The Kier molecular flexibility index (Phi) is 6.15. The number of carbonyl (C=O) groups is 1. The van der Waals surface area contributed by atoms with Crippen molar-refractivity contribution in [2.24, 2.45) is 0 Å². The van der Waals surface area contributed by atoms with E-state index in [1.54, 1.807) is 0 Å². The van der Waals surface area contributed by atoms with E-state index >= 15 is 0 Å². The molecule has 1 aromatic rings. The summed E-state index contributed by atoms with van der Waals surface area (Å²) in [6, 6.07) is 0. The molecule has 5 nitrogen and oxygen atoms in total. The molecule has 87 valence electrons. The van der Waals surface area contributed by atoms with E-state index in [0.29, 0.717) is 16.4 Å². The van der Waals surface area contributed by atoms with Crippen molar-refractivity contribution in [1.82, 2.24) is 15.0 Å². The normalized spacial score (nSPS) is 10.2. The Morgan fingerprint density at radius 3 is 2.88 bits per heavy atom. The third-order valence-corrected chi connectivity index (χ3v) is 4.40. The molecule has 7 heteroatoms. The second kappa shape index (κ2) is 7.13. The summed E-state index contributed by atoms with van der Waals surface area (Å²) in [6.07, 6.45) is 2.21. The average molecular weight is 434 g/mol. The summed E-state index contributed by atoms with van der Waals surface area (Å²) in [4.78, 5) is 25.3. The molecule has 1 radical (unpaired) electrons. The Balaban J connectivity index is 2.48. The molecule has 0 N–H and O–H groups in total. The fourth-order valence-corrected chi connectivity index (χ4v) is 2.52. The van der Waals surface area contributed by atoms with Crippen LogP contribution in [0.25, 0.3) is 0 Å². The number of aromatic nitrogens is 3. The summed E-state index contributed by atoms with van der Waals surface area (Å²) in [7, 11) is 3.77. The zero-order valence-corrected chi connectivity index (χ0v) is 13.2. The minimum atomic E-state index is 0.247. The predicted molar refractivity (Wildman–Crippen MR) is 65.9 cm³/mol. The van der Waals surface area contributed by atoms with E-state index in [-0.39, 0.29) is 5.12 Å². The Bertz CT molecular complexity index is 361. The van der Waals surface area contributed by atoms with Gasteiger partial charge in [0.1, 0.15) is 0 Å². The van der Waals surface area contributed by atoms with Crippen LogP contribution in [0, 0.1) is 0 Å². The second-order valence-electron chi connectivity index (χ2n) is 3.21. The van der Waals surface area contributed by atoms with Crippen LogP contribution in [-0.2, 0) is 11.2 Å². The standard InChI is InChI=1S/C9H13N4OS.Po/c1-7(14)15-5-4-8-10-6-11-9(12-8)13(2)3;/h6H,1,4-5H2,2-3H3;. The molecule has 0 unspecified atom stereocenters. The van der Waals surface area contributed by atoms with Crippen molar-refractivity contribution in [3.05, 3.63) is 12.2 Å². The zero-order valence-electron chi connectivity index (χ0n) is 9.21. The SMILES string of the molecule is CN(C)c1ncnc(CCSC(=O)[CH2][Po])n1. The summed E-state index contributed by atoms with van der Waals surface area (Å²) in [5, 5.41) is 0.247. The number of aryl methyl sites for hydroxylation is 1. The molecule has 0 atom stereocenters. The van der Waals surface area contributed by atoms with Gasteiger partial charge >= 0.3 is 115 Å². The van der Waals surface area contributed by atoms with Crippen LogP contribution in [0.1, 0.15) is 5.82 Å². The maximum atomic E-state index is 11.1. The number of nitrogens with zero attached hydrogens (tertiary/aromatic N) is 4. The van der Waals surface area contributed by atoms with Gasteiger partial charge in [0, 0.05) is 0 Å². The van der Waals surface area contributed by atoms with Crippen LogP contribution in [0.4, 0.5) is 5.95 Å². The Labute approximate surface area is 115 Å². The van der Waals surface area contributed by atoms with Crippen LogP contribution < -0.4 is 4.90 Å². The molecule has 16 heavy (non-hydrogen) atoms. The maximum absolute atomic E-state index is 11.1. The molecule has 0 spiro atoms. The van der Waals surface area contributed by atoms with Crippen molar-refractivity contribution >= 4 is 47.9 Å². The van der Waals surface area contributed by atoms with Crippen LogP contribution in [-0.4, -0.2) is 65.0 Å². The molecular formula is C9H13N4OPoS. The molecule has 0 bridgehead atoms. The van der Waals surface area contributed by atoms with Crippen LogP contribution >= 0.6 is 11.8 Å². The molecule has 0 aliphatic rings. The third-order valence-electron chi connectivity index (χ3n) is 1.72. The molecule has 0 aliphatic carbocycles. The average Bonchev–Trinajstić information content (AvgIpc) is 2.29. The topological polar surface area (TPSA) is 59.0 Å². The molecule has 1 heterocycles. The van der Waals surface area contributed by atoms with Crippen LogP contribution in [0.3, 0.4) is 0 Å².